The highest BCUT2D eigenvalue weighted by Gasteiger charge is 2.06. The van der Waals surface area contributed by atoms with Crippen LogP contribution in [0.25, 0.3) is 0 Å². The highest BCUT2D eigenvalue weighted by molar-refractivity contribution is 5.31. The summed E-state index contributed by atoms with van der Waals surface area (Å²) >= 11 is 0. The van der Waals surface area contributed by atoms with Gasteiger partial charge in [-0.2, -0.15) is 0 Å². The average Bonchev–Trinajstić information content (AvgIpc) is 2.67. The quantitative estimate of drug-likeness (QED) is 0.682. The molecule has 1 aromatic heterocycles. The molecule has 0 amide bonds. The molecule has 0 aliphatic carbocycles. The Balaban J connectivity index is 1.70. The molecule has 0 saturated heterocycles. The van der Waals surface area contributed by atoms with E-state index in [4.69, 9.17) is 15.2 Å². The summed E-state index contributed by atoms with van der Waals surface area (Å²) in [5.74, 6) is 1.29. The Bertz CT molecular complexity index is 715. The minimum absolute atomic E-state index is 0.470. The van der Waals surface area contributed by atoms with Crippen LogP contribution in [-0.4, -0.2) is 11.5 Å². The fraction of sp³-hybridized carbons (Fsp3) is 0.190. The SMILES string of the molecule is NCCc1cc(OCc2ccccc2)cc(OCc2ccccc2)n1. The van der Waals surface area contributed by atoms with Crippen molar-refractivity contribution in [1.29, 1.82) is 0 Å². The molecular formula is C21H22N2O2. The van der Waals surface area contributed by atoms with E-state index in [0.717, 1.165) is 22.6 Å². The van der Waals surface area contributed by atoms with Crippen molar-refractivity contribution >= 4 is 0 Å². The number of nitrogens with zero attached hydrogens (tertiary/aromatic N) is 1. The van der Waals surface area contributed by atoms with Crippen LogP contribution in [-0.2, 0) is 19.6 Å². The van der Waals surface area contributed by atoms with E-state index >= 15 is 0 Å². The van der Waals surface area contributed by atoms with E-state index in [-0.39, 0.29) is 0 Å². The first-order chi connectivity index (χ1) is 12.3. The van der Waals surface area contributed by atoms with Crippen molar-refractivity contribution in [2.24, 2.45) is 5.73 Å². The molecule has 0 aliphatic heterocycles. The smallest absolute Gasteiger partial charge is 0.217 e. The van der Waals surface area contributed by atoms with E-state index in [1.807, 2.05) is 72.8 Å². The second-order valence-electron chi connectivity index (χ2n) is 5.72. The minimum atomic E-state index is 0.470. The van der Waals surface area contributed by atoms with Gasteiger partial charge in [-0.1, -0.05) is 60.7 Å². The summed E-state index contributed by atoms with van der Waals surface area (Å²) in [6.45, 7) is 1.51. The Labute approximate surface area is 148 Å². The maximum Gasteiger partial charge on any atom is 0.217 e. The third kappa shape index (κ3) is 5.33. The Morgan fingerprint density at radius 1 is 0.760 bits per heavy atom. The number of benzene rings is 2. The van der Waals surface area contributed by atoms with Gasteiger partial charge in [-0.25, -0.2) is 4.98 Å². The topological polar surface area (TPSA) is 57.4 Å². The van der Waals surface area contributed by atoms with Crippen molar-refractivity contribution in [3.8, 4) is 11.6 Å². The fourth-order valence-electron chi connectivity index (χ4n) is 2.44. The minimum Gasteiger partial charge on any atom is -0.489 e. The summed E-state index contributed by atoms with van der Waals surface area (Å²) in [5.41, 5.74) is 8.76. The normalized spacial score (nSPS) is 10.4. The molecule has 0 saturated carbocycles. The maximum absolute atomic E-state index is 5.91. The highest BCUT2D eigenvalue weighted by atomic mass is 16.5. The standard InChI is InChI=1S/C21H22N2O2/c22-12-11-19-13-20(24-15-17-7-3-1-4-8-17)14-21(23-19)25-16-18-9-5-2-6-10-18/h1-10,13-14H,11-12,15-16,22H2. The van der Waals surface area contributed by atoms with Crippen LogP contribution < -0.4 is 15.2 Å². The summed E-state index contributed by atoms with van der Waals surface area (Å²) in [7, 11) is 0. The maximum atomic E-state index is 5.91. The molecule has 3 aromatic rings. The van der Waals surface area contributed by atoms with E-state index in [9.17, 15) is 0 Å². The summed E-state index contributed by atoms with van der Waals surface area (Å²) in [4.78, 5) is 4.51. The van der Waals surface area contributed by atoms with Crippen molar-refractivity contribution in [3.05, 3.63) is 89.6 Å². The van der Waals surface area contributed by atoms with Crippen LogP contribution in [0.15, 0.2) is 72.8 Å². The Hall–Kier alpha value is -2.85. The zero-order valence-electron chi connectivity index (χ0n) is 14.1. The zero-order chi connectivity index (χ0) is 17.3. The molecular weight excluding hydrogens is 312 g/mol. The van der Waals surface area contributed by atoms with E-state index < -0.39 is 0 Å². The van der Waals surface area contributed by atoms with Crippen LogP contribution in [0.3, 0.4) is 0 Å². The number of hydrogen-bond acceptors (Lipinski definition) is 4. The lowest BCUT2D eigenvalue weighted by atomic mass is 10.2. The molecule has 0 fully saturated rings. The monoisotopic (exact) mass is 334 g/mol. The van der Waals surface area contributed by atoms with Crippen molar-refractivity contribution in [2.75, 3.05) is 6.54 Å². The molecule has 0 unspecified atom stereocenters. The van der Waals surface area contributed by atoms with Crippen LogP contribution in [0, 0.1) is 0 Å². The van der Waals surface area contributed by atoms with Gasteiger partial charge >= 0.3 is 0 Å². The molecule has 0 bridgehead atoms. The predicted octanol–water partition coefficient (Wildman–Crippen LogP) is 3.74. The molecule has 0 radical (unpaired) electrons. The Morgan fingerprint density at radius 3 is 1.96 bits per heavy atom. The molecule has 0 spiro atoms. The second kappa shape index (κ2) is 8.85. The molecule has 0 aliphatic rings. The molecule has 4 heteroatoms. The largest absolute Gasteiger partial charge is 0.489 e. The van der Waals surface area contributed by atoms with Gasteiger partial charge in [0.1, 0.15) is 19.0 Å². The van der Waals surface area contributed by atoms with Gasteiger partial charge in [0.2, 0.25) is 5.88 Å². The molecule has 2 N–H and O–H groups in total. The fourth-order valence-corrected chi connectivity index (χ4v) is 2.44. The average molecular weight is 334 g/mol. The van der Waals surface area contributed by atoms with E-state index in [2.05, 4.69) is 4.98 Å². The molecule has 4 nitrogen and oxygen atoms in total. The van der Waals surface area contributed by atoms with Gasteiger partial charge in [0.25, 0.3) is 0 Å². The lowest BCUT2D eigenvalue weighted by Crippen LogP contribution is -2.07. The number of rotatable bonds is 8. The first-order valence-electron chi connectivity index (χ1n) is 8.38. The first kappa shape index (κ1) is 17.0. The number of pyridine rings is 1. The van der Waals surface area contributed by atoms with Crippen molar-refractivity contribution < 1.29 is 9.47 Å². The van der Waals surface area contributed by atoms with E-state index in [1.54, 1.807) is 0 Å². The van der Waals surface area contributed by atoms with Gasteiger partial charge < -0.3 is 15.2 Å². The number of nitrogens with two attached hydrogens (primary N) is 1. The predicted molar refractivity (Wildman–Crippen MR) is 98.5 cm³/mol. The van der Waals surface area contributed by atoms with Crippen LogP contribution in [0.4, 0.5) is 0 Å². The molecule has 128 valence electrons. The summed E-state index contributed by atoms with van der Waals surface area (Å²) in [6.07, 6.45) is 0.685. The van der Waals surface area contributed by atoms with Crippen LogP contribution in [0.2, 0.25) is 0 Å². The third-order valence-electron chi connectivity index (χ3n) is 3.71. The van der Waals surface area contributed by atoms with Gasteiger partial charge in [0, 0.05) is 24.2 Å². The van der Waals surface area contributed by atoms with Gasteiger partial charge in [-0.05, 0) is 17.7 Å². The molecule has 1 heterocycles. The van der Waals surface area contributed by atoms with Gasteiger partial charge in [-0.3, -0.25) is 0 Å². The zero-order valence-corrected chi connectivity index (χ0v) is 14.1. The molecule has 0 atom stereocenters. The lowest BCUT2D eigenvalue weighted by Gasteiger charge is -2.11. The second-order valence-corrected chi connectivity index (χ2v) is 5.72. The highest BCUT2D eigenvalue weighted by Crippen LogP contribution is 2.22. The van der Waals surface area contributed by atoms with Crippen LogP contribution in [0.5, 0.6) is 11.6 Å². The van der Waals surface area contributed by atoms with E-state index in [0.29, 0.717) is 32.1 Å². The first-order valence-corrected chi connectivity index (χ1v) is 8.38. The Kier molecular flexibility index (Phi) is 6.01. The van der Waals surface area contributed by atoms with Crippen molar-refractivity contribution in [3.63, 3.8) is 0 Å². The molecule has 2 aromatic carbocycles. The van der Waals surface area contributed by atoms with Crippen LogP contribution >= 0.6 is 0 Å². The van der Waals surface area contributed by atoms with Gasteiger partial charge in [0.15, 0.2) is 0 Å². The number of aromatic nitrogens is 1. The number of ether oxygens (including phenoxy) is 2. The number of hydrogen-bond donors (Lipinski definition) is 1. The third-order valence-corrected chi connectivity index (χ3v) is 3.71. The van der Waals surface area contributed by atoms with Gasteiger partial charge in [-0.15, -0.1) is 0 Å². The van der Waals surface area contributed by atoms with Gasteiger partial charge in [0.05, 0.1) is 0 Å². The summed E-state index contributed by atoms with van der Waals surface area (Å²) in [5, 5.41) is 0. The summed E-state index contributed by atoms with van der Waals surface area (Å²) < 4.78 is 11.8. The molecule has 25 heavy (non-hydrogen) atoms. The van der Waals surface area contributed by atoms with E-state index in [1.165, 1.54) is 0 Å². The van der Waals surface area contributed by atoms with Crippen molar-refractivity contribution in [1.82, 2.24) is 4.98 Å². The Morgan fingerprint density at radius 2 is 1.36 bits per heavy atom. The lowest BCUT2D eigenvalue weighted by molar-refractivity contribution is 0.280. The van der Waals surface area contributed by atoms with Crippen molar-refractivity contribution in [2.45, 2.75) is 19.6 Å². The van der Waals surface area contributed by atoms with Crippen LogP contribution in [0.1, 0.15) is 16.8 Å². The molecule has 3 rings (SSSR count). The summed E-state index contributed by atoms with van der Waals surface area (Å²) in [6, 6.07) is 23.8.